The Hall–Kier alpha value is -1.81. The topological polar surface area (TPSA) is 65.7 Å². The van der Waals surface area contributed by atoms with Crippen LogP contribution in [0.4, 0.5) is 0 Å². The number of nitrogens with one attached hydrogen (secondary N) is 2. The van der Waals surface area contributed by atoms with Gasteiger partial charge in [0.1, 0.15) is 0 Å². The minimum Gasteiger partial charge on any atom is -0.307 e. The molecule has 0 bridgehead atoms. The van der Waals surface area contributed by atoms with E-state index in [2.05, 4.69) is 9.97 Å². The summed E-state index contributed by atoms with van der Waals surface area (Å²) in [4.78, 5) is 27.2. The van der Waals surface area contributed by atoms with Crippen molar-refractivity contribution in [3.8, 4) is 0 Å². The van der Waals surface area contributed by atoms with Crippen molar-refractivity contribution < 1.29 is 0 Å². The molecule has 1 heterocycles. The molecule has 0 saturated carbocycles. The van der Waals surface area contributed by atoms with E-state index < -0.39 is 5.69 Å². The number of allylic oxidation sites excluding steroid dienone is 1. The smallest absolute Gasteiger partial charge is 0.307 e. The van der Waals surface area contributed by atoms with Crippen LogP contribution in [0.1, 0.15) is 5.56 Å². The minimum atomic E-state index is -0.504. The first kappa shape index (κ1) is 10.7. The van der Waals surface area contributed by atoms with Gasteiger partial charge in [-0.2, -0.15) is 0 Å². The molecule has 0 spiro atoms. The van der Waals surface area contributed by atoms with Crippen molar-refractivity contribution in [3.63, 3.8) is 0 Å². The second-order valence-electron chi connectivity index (χ2n) is 3.27. The van der Waals surface area contributed by atoms with Crippen LogP contribution in [-0.4, -0.2) is 15.8 Å². The molecule has 4 nitrogen and oxygen atoms in total. The first-order valence-corrected chi connectivity index (χ1v) is 5.23. The Morgan fingerprint density at radius 2 is 2.06 bits per heavy atom. The summed E-state index contributed by atoms with van der Waals surface area (Å²) in [6.07, 6.45) is 3.61. The normalized spacial score (nSPS) is 11.3. The molecule has 1 aromatic heterocycles. The van der Waals surface area contributed by atoms with Gasteiger partial charge in [-0.25, -0.2) is 4.79 Å². The molecular formula is C11H9ClN2O2. The molecule has 2 N–H and O–H groups in total. The van der Waals surface area contributed by atoms with Gasteiger partial charge < -0.3 is 4.98 Å². The van der Waals surface area contributed by atoms with Crippen LogP contribution in [0.3, 0.4) is 0 Å². The third-order valence-electron chi connectivity index (χ3n) is 2.16. The Kier molecular flexibility index (Phi) is 2.92. The Morgan fingerprint density at radius 1 is 1.25 bits per heavy atom. The SMILES string of the molecule is O=c1[nH]c(=O)c2ccc(/C=C/CCl)cc2[nH]1. The molecule has 0 aliphatic heterocycles. The molecule has 0 unspecified atom stereocenters. The van der Waals surface area contributed by atoms with Gasteiger partial charge in [-0.05, 0) is 17.7 Å². The van der Waals surface area contributed by atoms with Gasteiger partial charge in [0.15, 0.2) is 0 Å². The predicted octanol–water partition coefficient (Wildman–Crippen LogP) is 1.47. The van der Waals surface area contributed by atoms with Gasteiger partial charge in [-0.3, -0.25) is 9.78 Å². The van der Waals surface area contributed by atoms with Crippen LogP contribution in [0.15, 0.2) is 33.9 Å². The first-order chi connectivity index (χ1) is 7.70. The van der Waals surface area contributed by atoms with Crippen LogP contribution in [0.5, 0.6) is 0 Å². The van der Waals surface area contributed by atoms with Gasteiger partial charge in [0.05, 0.1) is 10.9 Å². The zero-order valence-electron chi connectivity index (χ0n) is 8.29. The fraction of sp³-hybridized carbons (Fsp3) is 0.0909. The molecule has 2 aromatic rings. The van der Waals surface area contributed by atoms with Crippen LogP contribution >= 0.6 is 11.6 Å². The first-order valence-electron chi connectivity index (χ1n) is 4.69. The summed E-state index contributed by atoms with van der Waals surface area (Å²) in [6, 6.07) is 5.19. The summed E-state index contributed by atoms with van der Waals surface area (Å²) in [5, 5.41) is 0.461. The van der Waals surface area contributed by atoms with Crippen molar-refractivity contribution in [2.75, 3.05) is 5.88 Å². The molecule has 0 atom stereocenters. The van der Waals surface area contributed by atoms with E-state index >= 15 is 0 Å². The number of aromatic nitrogens is 2. The summed E-state index contributed by atoms with van der Waals surface area (Å²) < 4.78 is 0. The Labute approximate surface area is 95.6 Å². The van der Waals surface area contributed by atoms with Crippen LogP contribution in [0.2, 0.25) is 0 Å². The number of H-pyrrole nitrogens is 2. The van der Waals surface area contributed by atoms with Gasteiger partial charge in [0.25, 0.3) is 5.56 Å². The lowest BCUT2D eigenvalue weighted by molar-refractivity contribution is 1.08. The predicted molar refractivity (Wildman–Crippen MR) is 64.9 cm³/mol. The second-order valence-corrected chi connectivity index (χ2v) is 3.58. The van der Waals surface area contributed by atoms with Gasteiger partial charge in [-0.15, -0.1) is 11.6 Å². The van der Waals surface area contributed by atoms with Crippen molar-refractivity contribution in [1.29, 1.82) is 0 Å². The molecule has 16 heavy (non-hydrogen) atoms. The van der Waals surface area contributed by atoms with Crippen LogP contribution < -0.4 is 11.2 Å². The third kappa shape index (κ3) is 2.06. The molecule has 1 aromatic carbocycles. The number of alkyl halides is 1. The second kappa shape index (κ2) is 4.37. The standard InChI is InChI=1S/C11H9ClN2O2/c12-5-1-2-7-3-4-8-9(6-7)13-11(16)14-10(8)15/h1-4,6H,5H2,(H2,13,14,15,16)/b2-1+. The van der Waals surface area contributed by atoms with E-state index in [1.165, 1.54) is 0 Å². The van der Waals surface area contributed by atoms with E-state index in [-0.39, 0.29) is 5.56 Å². The Balaban J connectivity index is 2.66. The molecule has 0 aliphatic rings. The average Bonchev–Trinajstić information content (AvgIpc) is 2.25. The summed E-state index contributed by atoms with van der Waals surface area (Å²) >= 11 is 5.52. The van der Waals surface area contributed by atoms with Crippen molar-refractivity contribution in [3.05, 3.63) is 50.7 Å². The molecular weight excluding hydrogens is 228 g/mol. The Bertz CT molecular complexity index is 655. The number of rotatable bonds is 2. The van der Waals surface area contributed by atoms with Crippen LogP contribution in [-0.2, 0) is 0 Å². The zero-order chi connectivity index (χ0) is 11.5. The van der Waals surface area contributed by atoms with E-state index in [0.717, 1.165) is 5.56 Å². The number of benzene rings is 1. The van der Waals surface area contributed by atoms with E-state index in [0.29, 0.717) is 16.8 Å². The van der Waals surface area contributed by atoms with Crippen LogP contribution in [0, 0.1) is 0 Å². The fourth-order valence-electron chi connectivity index (χ4n) is 1.47. The van der Waals surface area contributed by atoms with Gasteiger partial charge in [0.2, 0.25) is 0 Å². The van der Waals surface area contributed by atoms with E-state index in [1.54, 1.807) is 24.3 Å². The van der Waals surface area contributed by atoms with Crippen LogP contribution in [0.25, 0.3) is 17.0 Å². The largest absolute Gasteiger partial charge is 0.326 e. The van der Waals surface area contributed by atoms with Crippen molar-refractivity contribution in [1.82, 2.24) is 9.97 Å². The fourth-order valence-corrected chi connectivity index (χ4v) is 1.56. The molecule has 0 radical (unpaired) electrons. The highest BCUT2D eigenvalue weighted by Gasteiger charge is 2.00. The van der Waals surface area contributed by atoms with E-state index in [4.69, 9.17) is 11.6 Å². The number of aromatic amines is 2. The minimum absolute atomic E-state index is 0.383. The molecule has 2 rings (SSSR count). The highest BCUT2D eigenvalue weighted by Crippen LogP contribution is 2.10. The highest BCUT2D eigenvalue weighted by molar-refractivity contribution is 6.19. The lowest BCUT2D eigenvalue weighted by Crippen LogP contribution is -2.21. The van der Waals surface area contributed by atoms with E-state index in [9.17, 15) is 9.59 Å². The molecule has 0 fully saturated rings. The molecule has 5 heteroatoms. The summed E-state index contributed by atoms with van der Waals surface area (Å²) in [7, 11) is 0. The monoisotopic (exact) mass is 236 g/mol. The molecule has 0 saturated heterocycles. The molecule has 82 valence electrons. The maximum Gasteiger partial charge on any atom is 0.326 e. The number of hydrogen-bond acceptors (Lipinski definition) is 2. The number of fused-ring (bicyclic) bond motifs is 1. The van der Waals surface area contributed by atoms with Gasteiger partial charge >= 0.3 is 5.69 Å². The van der Waals surface area contributed by atoms with Gasteiger partial charge in [-0.1, -0.05) is 18.2 Å². The van der Waals surface area contributed by atoms with Crippen molar-refractivity contribution in [2.24, 2.45) is 0 Å². The quantitative estimate of drug-likeness (QED) is 0.776. The summed E-state index contributed by atoms with van der Waals surface area (Å²) in [5.41, 5.74) is 0.516. The zero-order valence-corrected chi connectivity index (χ0v) is 9.04. The highest BCUT2D eigenvalue weighted by atomic mass is 35.5. The van der Waals surface area contributed by atoms with Crippen molar-refractivity contribution >= 4 is 28.6 Å². The van der Waals surface area contributed by atoms with Crippen molar-refractivity contribution in [2.45, 2.75) is 0 Å². The number of halogens is 1. The lowest BCUT2D eigenvalue weighted by atomic mass is 10.1. The average molecular weight is 237 g/mol. The lowest BCUT2D eigenvalue weighted by Gasteiger charge is -1.98. The van der Waals surface area contributed by atoms with E-state index in [1.807, 2.05) is 6.08 Å². The maximum absolute atomic E-state index is 11.4. The summed E-state index contributed by atoms with van der Waals surface area (Å²) in [6.45, 7) is 0. The third-order valence-corrected chi connectivity index (χ3v) is 2.34. The summed E-state index contributed by atoms with van der Waals surface area (Å²) in [5.74, 6) is 0.421. The maximum atomic E-state index is 11.4. The molecule has 0 aliphatic carbocycles. The number of hydrogen-bond donors (Lipinski definition) is 2. The van der Waals surface area contributed by atoms with Gasteiger partial charge in [0, 0.05) is 5.88 Å². The Morgan fingerprint density at radius 3 is 2.81 bits per heavy atom. The molecule has 0 amide bonds.